The summed E-state index contributed by atoms with van der Waals surface area (Å²) in [6.07, 6.45) is 0. The highest BCUT2D eigenvalue weighted by Crippen LogP contribution is 2.29. The smallest absolute Gasteiger partial charge is 0.165 e. The van der Waals surface area contributed by atoms with Crippen LogP contribution >= 0.6 is 11.6 Å². The van der Waals surface area contributed by atoms with Gasteiger partial charge in [0.1, 0.15) is 11.8 Å². The van der Waals surface area contributed by atoms with Crippen molar-refractivity contribution in [2.75, 3.05) is 6.61 Å². The van der Waals surface area contributed by atoms with Crippen LogP contribution in [0.25, 0.3) is 0 Å². The first-order valence-electron chi connectivity index (χ1n) is 4.67. The quantitative estimate of drug-likeness (QED) is 0.668. The van der Waals surface area contributed by atoms with E-state index in [9.17, 15) is 4.39 Å². The standard InChI is InChI=1S/C11H11ClFNO/c1-11(2)6-15-9-7(10(12)14-11)4-3-5-8(9)13/h3-5H,6H2,1-2H3. The van der Waals surface area contributed by atoms with Crippen LogP contribution in [0.4, 0.5) is 4.39 Å². The van der Waals surface area contributed by atoms with E-state index in [2.05, 4.69) is 4.99 Å². The Morgan fingerprint density at radius 1 is 1.47 bits per heavy atom. The van der Waals surface area contributed by atoms with E-state index in [1.54, 1.807) is 12.1 Å². The molecule has 0 unspecified atom stereocenters. The summed E-state index contributed by atoms with van der Waals surface area (Å²) in [6, 6.07) is 4.64. The Labute approximate surface area is 92.7 Å². The van der Waals surface area contributed by atoms with Crippen LogP contribution in [-0.2, 0) is 0 Å². The predicted octanol–water partition coefficient (Wildman–Crippen LogP) is 2.98. The lowest BCUT2D eigenvalue weighted by molar-refractivity contribution is 0.239. The van der Waals surface area contributed by atoms with Crippen molar-refractivity contribution in [2.45, 2.75) is 19.4 Å². The van der Waals surface area contributed by atoms with E-state index < -0.39 is 11.4 Å². The van der Waals surface area contributed by atoms with Crippen molar-refractivity contribution < 1.29 is 9.13 Å². The van der Waals surface area contributed by atoms with Gasteiger partial charge in [-0.15, -0.1) is 0 Å². The zero-order valence-corrected chi connectivity index (χ0v) is 9.31. The van der Waals surface area contributed by atoms with Gasteiger partial charge in [0, 0.05) is 0 Å². The average Bonchev–Trinajstić information content (AvgIpc) is 2.25. The van der Waals surface area contributed by atoms with Crippen molar-refractivity contribution in [1.29, 1.82) is 0 Å². The lowest BCUT2D eigenvalue weighted by Crippen LogP contribution is -2.25. The number of hydrogen-bond acceptors (Lipinski definition) is 2. The Hall–Kier alpha value is -1.09. The Balaban J connectivity index is 2.56. The molecular formula is C11H11ClFNO. The second-order valence-corrected chi connectivity index (χ2v) is 4.48. The van der Waals surface area contributed by atoms with Crippen LogP contribution in [0.15, 0.2) is 23.2 Å². The first-order valence-corrected chi connectivity index (χ1v) is 5.04. The molecule has 0 bridgehead atoms. The second-order valence-electron chi connectivity index (χ2n) is 4.12. The van der Waals surface area contributed by atoms with Gasteiger partial charge in [-0.3, -0.25) is 4.99 Å². The van der Waals surface area contributed by atoms with E-state index in [1.165, 1.54) is 6.07 Å². The van der Waals surface area contributed by atoms with Gasteiger partial charge < -0.3 is 4.74 Å². The number of nitrogens with zero attached hydrogens (tertiary/aromatic N) is 1. The highest BCUT2D eigenvalue weighted by atomic mass is 35.5. The van der Waals surface area contributed by atoms with Crippen LogP contribution < -0.4 is 4.74 Å². The third kappa shape index (κ3) is 1.97. The molecule has 2 rings (SSSR count). The molecule has 15 heavy (non-hydrogen) atoms. The number of fused-ring (bicyclic) bond motifs is 1. The first kappa shape index (κ1) is 10.4. The van der Waals surface area contributed by atoms with Gasteiger partial charge in [0.15, 0.2) is 11.6 Å². The third-order valence-corrected chi connectivity index (χ3v) is 2.45. The van der Waals surface area contributed by atoms with Crippen molar-refractivity contribution in [3.05, 3.63) is 29.6 Å². The molecule has 0 saturated heterocycles. The molecule has 0 radical (unpaired) electrons. The molecule has 0 N–H and O–H groups in total. The second kappa shape index (κ2) is 3.49. The van der Waals surface area contributed by atoms with Gasteiger partial charge in [-0.2, -0.15) is 0 Å². The van der Waals surface area contributed by atoms with Crippen LogP contribution in [0.2, 0.25) is 0 Å². The number of rotatable bonds is 0. The Kier molecular flexibility index (Phi) is 2.43. The maximum Gasteiger partial charge on any atom is 0.165 e. The highest BCUT2D eigenvalue weighted by molar-refractivity contribution is 6.70. The Bertz CT molecular complexity index is 429. The van der Waals surface area contributed by atoms with Gasteiger partial charge in [-0.25, -0.2) is 4.39 Å². The molecule has 0 amide bonds. The summed E-state index contributed by atoms with van der Waals surface area (Å²) in [5.41, 5.74) is 0.0879. The summed E-state index contributed by atoms with van der Waals surface area (Å²) in [7, 11) is 0. The Morgan fingerprint density at radius 3 is 2.93 bits per heavy atom. The highest BCUT2D eigenvalue weighted by Gasteiger charge is 2.25. The number of para-hydroxylation sites is 1. The molecule has 1 aromatic carbocycles. The van der Waals surface area contributed by atoms with Crippen LogP contribution in [0.1, 0.15) is 19.4 Å². The molecule has 0 fully saturated rings. The van der Waals surface area contributed by atoms with Crippen LogP contribution in [0.5, 0.6) is 5.75 Å². The van der Waals surface area contributed by atoms with Crippen molar-refractivity contribution in [3.8, 4) is 5.75 Å². The van der Waals surface area contributed by atoms with Gasteiger partial charge in [0.25, 0.3) is 0 Å². The number of ether oxygens (including phenoxy) is 1. The largest absolute Gasteiger partial charge is 0.487 e. The van der Waals surface area contributed by atoms with Crippen molar-refractivity contribution in [3.63, 3.8) is 0 Å². The SMILES string of the molecule is CC1(C)COc2c(F)cccc2C(Cl)=N1. The van der Waals surface area contributed by atoms with Crippen molar-refractivity contribution in [1.82, 2.24) is 0 Å². The van der Waals surface area contributed by atoms with Gasteiger partial charge in [0.05, 0.1) is 11.1 Å². The van der Waals surface area contributed by atoms with Crippen LogP contribution in [0.3, 0.4) is 0 Å². The monoisotopic (exact) mass is 227 g/mol. The molecular weight excluding hydrogens is 217 g/mol. The fraction of sp³-hybridized carbons (Fsp3) is 0.364. The van der Waals surface area contributed by atoms with Crippen molar-refractivity contribution >= 4 is 16.8 Å². The minimum absolute atomic E-state index is 0.192. The predicted molar refractivity (Wildman–Crippen MR) is 58.4 cm³/mol. The number of aliphatic imine (C=N–C) groups is 1. The minimum atomic E-state index is -0.428. The normalized spacial score (nSPS) is 18.5. The van der Waals surface area contributed by atoms with Crippen LogP contribution in [0, 0.1) is 5.82 Å². The third-order valence-electron chi connectivity index (χ3n) is 2.16. The van der Waals surface area contributed by atoms with Gasteiger partial charge in [-0.1, -0.05) is 17.7 Å². The summed E-state index contributed by atoms with van der Waals surface area (Å²) < 4.78 is 18.8. The first-order chi connectivity index (χ1) is 6.99. The molecule has 0 aliphatic carbocycles. The number of halogens is 2. The molecule has 0 aromatic heterocycles. The zero-order valence-electron chi connectivity index (χ0n) is 8.55. The molecule has 0 saturated carbocycles. The van der Waals surface area contributed by atoms with E-state index in [0.717, 1.165) is 0 Å². The summed E-state index contributed by atoms with van der Waals surface area (Å²) in [6.45, 7) is 4.09. The van der Waals surface area contributed by atoms with E-state index in [0.29, 0.717) is 17.3 Å². The fourth-order valence-electron chi connectivity index (χ4n) is 1.42. The topological polar surface area (TPSA) is 21.6 Å². The minimum Gasteiger partial charge on any atom is -0.487 e. The maximum absolute atomic E-state index is 13.4. The Morgan fingerprint density at radius 2 is 2.20 bits per heavy atom. The lowest BCUT2D eigenvalue weighted by atomic mass is 10.1. The maximum atomic E-state index is 13.4. The molecule has 1 heterocycles. The molecule has 4 heteroatoms. The lowest BCUT2D eigenvalue weighted by Gasteiger charge is -2.17. The van der Waals surface area contributed by atoms with Gasteiger partial charge in [0.2, 0.25) is 0 Å². The van der Waals surface area contributed by atoms with Crippen molar-refractivity contribution in [2.24, 2.45) is 4.99 Å². The molecule has 1 aromatic rings. The number of hydrogen-bond donors (Lipinski definition) is 0. The zero-order chi connectivity index (χ0) is 11.1. The molecule has 80 valence electrons. The summed E-state index contributed by atoms with van der Waals surface area (Å²) in [4.78, 5) is 4.28. The molecule has 1 aliphatic rings. The van der Waals surface area contributed by atoms with E-state index in [4.69, 9.17) is 16.3 Å². The van der Waals surface area contributed by atoms with Crippen LogP contribution in [-0.4, -0.2) is 17.3 Å². The van der Waals surface area contributed by atoms with Gasteiger partial charge >= 0.3 is 0 Å². The summed E-state index contributed by atoms with van der Waals surface area (Å²) in [5, 5.41) is 0.298. The fourth-order valence-corrected chi connectivity index (χ4v) is 1.80. The molecule has 2 nitrogen and oxygen atoms in total. The molecule has 0 atom stereocenters. The van der Waals surface area contributed by atoms with Gasteiger partial charge in [-0.05, 0) is 26.0 Å². The van der Waals surface area contributed by atoms with E-state index in [1.807, 2.05) is 13.8 Å². The summed E-state index contributed by atoms with van der Waals surface area (Å²) >= 11 is 6.01. The van der Waals surface area contributed by atoms with E-state index >= 15 is 0 Å². The molecule has 1 aliphatic heterocycles. The number of benzene rings is 1. The molecule has 0 spiro atoms. The average molecular weight is 228 g/mol. The summed E-state index contributed by atoms with van der Waals surface area (Å²) in [5.74, 6) is -0.213. The van der Waals surface area contributed by atoms with E-state index in [-0.39, 0.29) is 5.75 Å².